The minimum Gasteiger partial charge on any atom is -0.350 e. The lowest BCUT2D eigenvalue weighted by Crippen LogP contribution is -2.45. The van der Waals surface area contributed by atoms with E-state index in [4.69, 9.17) is 5.73 Å². The highest BCUT2D eigenvalue weighted by Gasteiger charge is 2.27. The Morgan fingerprint density at radius 1 is 1.18 bits per heavy atom. The lowest BCUT2D eigenvalue weighted by Gasteiger charge is -2.26. The van der Waals surface area contributed by atoms with Crippen molar-refractivity contribution in [2.24, 2.45) is 11.1 Å². The molecule has 1 atom stereocenters. The van der Waals surface area contributed by atoms with E-state index in [0.717, 1.165) is 5.56 Å². The van der Waals surface area contributed by atoms with Crippen LogP contribution in [0.15, 0.2) is 18.2 Å². The first-order chi connectivity index (χ1) is 10.0. The number of hydrogen-bond donors (Lipinski definition) is 3. The fourth-order valence-electron chi connectivity index (χ4n) is 1.90. The molecule has 0 saturated heterocycles. The van der Waals surface area contributed by atoms with Gasteiger partial charge in [0.2, 0.25) is 5.91 Å². The van der Waals surface area contributed by atoms with Crippen molar-refractivity contribution in [2.75, 3.05) is 5.32 Å². The minimum absolute atomic E-state index is 0.0551. The molecule has 122 valence electrons. The number of aryl methyl sites for hydroxylation is 1. The molecule has 0 aliphatic carbocycles. The van der Waals surface area contributed by atoms with E-state index in [9.17, 15) is 9.59 Å². The van der Waals surface area contributed by atoms with E-state index in [1.807, 2.05) is 47.6 Å². The van der Waals surface area contributed by atoms with Gasteiger partial charge in [0.25, 0.3) is 5.91 Å². The van der Waals surface area contributed by atoms with Crippen molar-refractivity contribution in [3.63, 3.8) is 0 Å². The Kier molecular flexibility index (Phi) is 5.72. The Morgan fingerprint density at radius 3 is 2.27 bits per heavy atom. The molecular formula is C17H27N3O2. The van der Waals surface area contributed by atoms with Crippen LogP contribution in [-0.2, 0) is 4.79 Å². The zero-order chi connectivity index (χ0) is 17.1. The summed E-state index contributed by atoms with van der Waals surface area (Å²) in [6.07, 6.45) is 0. The van der Waals surface area contributed by atoms with E-state index in [1.54, 1.807) is 12.1 Å². The molecule has 1 rings (SSSR count). The first-order valence-electron chi connectivity index (χ1n) is 7.50. The van der Waals surface area contributed by atoms with Gasteiger partial charge in [-0.15, -0.1) is 0 Å². The number of rotatable bonds is 4. The molecule has 0 bridgehead atoms. The zero-order valence-electron chi connectivity index (χ0n) is 14.3. The SMILES string of the molecule is Cc1ccc(NC(=O)[C@@H](N)C(C)(C)C)cc1C(=O)NC(C)C. The Bertz CT molecular complexity index is 560. The first kappa shape index (κ1) is 18.2. The number of amides is 2. The minimum atomic E-state index is -0.623. The second-order valence-corrected chi connectivity index (χ2v) is 6.99. The maximum atomic E-state index is 12.2. The Morgan fingerprint density at radius 2 is 1.77 bits per heavy atom. The third-order valence-corrected chi connectivity index (χ3v) is 3.38. The van der Waals surface area contributed by atoms with E-state index in [2.05, 4.69) is 10.6 Å². The molecule has 4 N–H and O–H groups in total. The monoisotopic (exact) mass is 305 g/mol. The highest BCUT2D eigenvalue weighted by Crippen LogP contribution is 2.20. The highest BCUT2D eigenvalue weighted by molar-refractivity contribution is 5.99. The molecular weight excluding hydrogens is 278 g/mol. The van der Waals surface area contributed by atoms with Gasteiger partial charge in [0, 0.05) is 17.3 Å². The molecule has 0 aliphatic heterocycles. The van der Waals surface area contributed by atoms with Crippen molar-refractivity contribution in [1.29, 1.82) is 0 Å². The molecule has 0 spiro atoms. The van der Waals surface area contributed by atoms with Crippen LogP contribution >= 0.6 is 0 Å². The van der Waals surface area contributed by atoms with Gasteiger partial charge < -0.3 is 16.4 Å². The smallest absolute Gasteiger partial charge is 0.251 e. The van der Waals surface area contributed by atoms with Gasteiger partial charge in [-0.05, 0) is 43.9 Å². The van der Waals surface area contributed by atoms with Crippen molar-refractivity contribution in [2.45, 2.75) is 53.6 Å². The Labute approximate surface area is 132 Å². The molecule has 0 fully saturated rings. The summed E-state index contributed by atoms with van der Waals surface area (Å²) in [6.45, 7) is 11.4. The van der Waals surface area contributed by atoms with Crippen molar-refractivity contribution in [3.8, 4) is 0 Å². The fourth-order valence-corrected chi connectivity index (χ4v) is 1.90. The number of anilines is 1. The summed E-state index contributed by atoms with van der Waals surface area (Å²) in [7, 11) is 0. The van der Waals surface area contributed by atoms with Crippen LogP contribution in [0.25, 0.3) is 0 Å². The van der Waals surface area contributed by atoms with Crippen LogP contribution in [0, 0.1) is 12.3 Å². The predicted octanol–water partition coefficient (Wildman–Crippen LogP) is 2.45. The van der Waals surface area contributed by atoms with Gasteiger partial charge in [-0.2, -0.15) is 0 Å². The number of carbonyl (C=O) groups excluding carboxylic acids is 2. The molecule has 0 heterocycles. The van der Waals surface area contributed by atoms with Crippen LogP contribution in [0.4, 0.5) is 5.69 Å². The predicted molar refractivity (Wildman–Crippen MR) is 89.8 cm³/mol. The van der Waals surface area contributed by atoms with E-state index in [1.165, 1.54) is 0 Å². The molecule has 5 nitrogen and oxygen atoms in total. The van der Waals surface area contributed by atoms with Gasteiger partial charge in [0.15, 0.2) is 0 Å². The van der Waals surface area contributed by atoms with Crippen LogP contribution in [-0.4, -0.2) is 23.9 Å². The van der Waals surface area contributed by atoms with Crippen molar-refractivity contribution in [1.82, 2.24) is 5.32 Å². The van der Waals surface area contributed by atoms with Crippen molar-refractivity contribution in [3.05, 3.63) is 29.3 Å². The number of hydrogen-bond acceptors (Lipinski definition) is 3. The van der Waals surface area contributed by atoms with Gasteiger partial charge in [-0.1, -0.05) is 26.8 Å². The largest absolute Gasteiger partial charge is 0.350 e. The molecule has 1 aromatic carbocycles. The molecule has 0 aliphatic rings. The van der Waals surface area contributed by atoms with Crippen LogP contribution in [0.5, 0.6) is 0 Å². The van der Waals surface area contributed by atoms with Crippen molar-refractivity contribution < 1.29 is 9.59 Å². The molecule has 0 unspecified atom stereocenters. The van der Waals surface area contributed by atoms with E-state index >= 15 is 0 Å². The third-order valence-electron chi connectivity index (χ3n) is 3.38. The molecule has 0 aromatic heterocycles. The average Bonchev–Trinajstić information content (AvgIpc) is 2.38. The first-order valence-corrected chi connectivity index (χ1v) is 7.50. The molecule has 5 heteroatoms. The van der Waals surface area contributed by atoms with Crippen LogP contribution < -0.4 is 16.4 Å². The maximum absolute atomic E-state index is 12.2. The number of benzene rings is 1. The summed E-state index contributed by atoms with van der Waals surface area (Å²) in [5, 5.41) is 5.63. The third kappa shape index (κ3) is 4.84. The van der Waals surface area contributed by atoms with Gasteiger partial charge in [0.05, 0.1) is 6.04 Å². The second kappa shape index (κ2) is 6.92. The second-order valence-electron chi connectivity index (χ2n) is 6.99. The van der Waals surface area contributed by atoms with Crippen LogP contribution in [0.1, 0.15) is 50.5 Å². The average molecular weight is 305 g/mol. The zero-order valence-corrected chi connectivity index (χ0v) is 14.3. The summed E-state index contributed by atoms with van der Waals surface area (Å²) in [4.78, 5) is 24.3. The number of carbonyl (C=O) groups is 2. The summed E-state index contributed by atoms with van der Waals surface area (Å²) < 4.78 is 0. The van der Waals surface area contributed by atoms with Gasteiger partial charge in [-0.25, -0.2) is 0 Å². The lowest BCUT2D eigenvalue weighted by molar-refractivity contribution is -0.119. The van der Waals surface area contributed by atoms with Gasteiger partial charge in [0.1, 0.15) is 0 Å². The maximum Gasteiger partial charge on any atom is 0.251 e. The van der Waals surface area contributed by atoms with Crippen LogP contribution in [0.3, 0.4) is 0 Å². The number of nitrogens with one attached hydrogen (secondary N) is 2. The lowest BCUT2D eigenvalue weighted by atomic mass is 9.87. The highest BCUT2D eigenvalue weighted by atomic mass is 16.2. The summed E-state index contributed by atoms with van der Waals surface area (Å²) in [6, 6.07) is 4.70. The summed E-state index contributed by atoms with van der Waals surface area (Å²) >= 11 is 0. The Balaban J connectivity index is 2.94. The Hall–Kier alpha value is -1.88. The number of nitrogens with two attached hydrogens (primary N) is 1. The standard InChI is InChI=1S/C17H27N3O2/c1-10(2)19-15(21)13-9-12(8-7-11(13)3)20-16(22)14(18)17(4,5)6/h7-10,14H,18H2,1-6H3,(H,19,21)(H,20,22)/t14-/m1/s1. The quantitative estimate of drug-likeness (QED) is 0.799. The molecule has 22 heavy (non-hydrogen) atoms. The normalized spacial score (nSPS) is 12.9. The molecule has 0 radical (unpaired) electrons. The summed E-state index contributed by atoms with van der Waals surface area (Å²) in [5.74, 6) is -0.407. The topological polar surface area (TPSA) is 84.2 Å². The van der Waals surface area contributed by atoms with E-state index in [0.29, 0.717) is 11.3 Å². The van der Waals surface area contributed by atoms with Gasteiger partial charge in [-0.3, -0.25) is 9.59 Å². The molecule has 1 aromatic rings. The summed E-state index contributed by atoms with van der Waals surface area (Å²) in [5.41, 5.74) is 7.60. The van der Waals surface area contributed by atoms with Crippen molar-refractivity contribution >= 4 is 17.5 Å². The van der Waals surface area contributed by atoms with E-state index < -0.39 is 6.04 Å². The van der Waals surface area contributed by atoms with E-state index in [-0.39, 0.29) is 23.3 Å². The van der Waals surface area contributed by atoms with Crippen LogP contribution in [0.2, 0.25) is 0 Å². The molecule has 0 saturated carbocycles. The molecule has 2 amide bonds. The fraction of sp³-hybridized carbons (Fsp3) is 0.529. The van der Waals surface area contributed by atoms with Gasteiger partial charge >= 0.3 is 0 Å².